The van der Waals surface area contributed by atoms with E-state index in [1.54, 1.807) is 0 Å². The molecule has 0 unspecified atom stereocenters. The predicted molar refractivity (Wildman–Crippen MR) is 75.0 cm³/mol. The maximum absolute atomic E-state index is 5.66. The first-order valence-electron chi connectivity index (χ1n) is 5.58. The molecular formula is C13H21BrN2. The summed E-state index contributed by atoms with van der Waals surface area (Å²) in [7, 11) is 2.13. The maximum Gasteiger partial charge on any atom is 0.0409 e. The van der Waals surface area contributed by atoms with E-state index < -0.39 is 0 Å². The fourth-order valence-electron chi connectivity index (χ4n) is 1.79. The average Bonchev–Trinajstić information content (AvgIpc) is 2.20. The van der Waals surface area contributed by atoms with Gasteiger partial charge in [0.2, 0.25) is 0 Å². The van der Waals surface area contributed by atoms with Crippen molar-refractivity contribution in [1.29, 1.82) is 0 Å². The van der Waals surface area contributed by atoms with Gasteiger partial charge in [-0.05, 0) is 51.4 Å². The second-order valence-corrected chi connectivity index (χ2v) is 5.76. The molecule has 16 heavy (non-hydrogen) atoms. The van der Waals surface area contributed by atoms with Crippen molar-refractivity contribution in [3.8, 4) is 0 Å². The first kappa shape index (κ1) is 13.5. The molecule has 1 aromatic carbocycles. The summed E-state index contributed by atoms with van der Waals surface area (Å²) in [6.45, 7) is 7.29. The van der Waals surface area contributed by atoms with Crippen LogP contribution < -0.4 is 10.6 Å². The third-order valence-electron chi connectivity index (χ3n) is 3.20. The lowest BCUT2D eigenvalue weighted by molar-refractivity contribution is 0.455. The van der Waals surface area contributed by atoms with Crippen molar-refractivity contribution in [2.75, 3.05) is 18.5 Å². The smallest absolute Gasteiger partial charge is 0.0409 e. The van der Waals surface area contributed by atoms with Crippen LogP contribution in [0.15, 0.2) is 22.7 Å². The normalized spacial score (nSPS) is 11.6. The van der Waals surface area contributed by atoms with Crippen molar-refractivity contribution in [3.05, 3.63) is 28.2 Å². The standard InChI is InChI=1S/C13H21BrN2/c1-10-5-6-11(14)9-12(10)16(4)13(2,3)7-8-15/h5-6,9H,7-8,15H2,1-4H3. The molecule has 0 atom stereocenters. The van der Waals surface area contributed by atoms with Crippen molar-refractivity contribution in [2.45, 2.75) is 32.7 Å². The second kappa shape index (κ2) is 5.19. The van der Waals surface area contributed by atoms with Crippen molar-refractivity contribution in [3.63, 3.8) is 0 Å². The molecule has 0 saturated heterocycles. The molecule has 0 bridgehead atoms. The van der Waals surface area contributed by atoms with Crippen LogP contribution in [-0.2, 0) is 0 Å². The Balaban J connectivity index is 3.03. The minimum Gasteiger partial charge on any atom is -0.369 e. The molecule has 0 fully saturated rings. The number of rotatable bonds is 4. The Hall–Kier alpha value is -0.540. The van der Waals surface area contributed by atoms with Crippen molar-refractivity contribution in [1.82, 2.24) is 0 Å². The van der Waals surface area contributed by atoms with Crippen LogP contribution in [0.1, 0.15) is 25.8 Å². The van der Waals surface area contributed by atoms with Gasteiger partial charge in [-0.1, -0.05) is 22.0 Å². The first-order chi connectivity index (χ1) is 7.38. The Labute approximate surface area is 107 Å². The second-order valence-electron chi connectivity index (χ2n) is 4.84. The van der Waals surface area contributed by atoms with E-state index in [0.717, 1.165) is 10.9 Å². The lowest BCUT2D eigenvalue weighted by Crippen LogP contribution is -2.43. The largest absolute Gasteiger partial charge is 0.369 e. The van der Waals surface area contributed by atoms with E-state index in [4.69, 9.17) is 5.73 Å². The molecule has 90 valence electrons. The summed E-state index contributed by atoms with van der Waals surface area (Å²) in [4.78, 5) is 2.31. The highest BCUT2D eigenvalue weighted by Gasteiger charge is 2.23. The van der Waals surface area contributed by atoms with E-state index in [2.05, 4.69) is 66.8 Å². The molecular weight excluding hydrogens is 264 g/mol. The van der Waals surface area contributed by atoms with E-state index in [1.165, 1.54) is 11.3 Å². The van der Waals surface area contributed by atoms with E-state index in [0.29, 0.717) is 6.54 Å². The van der Waals surface area contributed by atoms with E-state index in [-0.39, 0.29) is 5.54 Å². The average molecular weight is 285 g/mol. The Bertz CT molecular complexity index is 361. The van der Waals surface area contributed by atoms with Gasteiger partial charge in [0.25, 0.3) is 0 Å². The van der Waals surface area contributed by atoms with Crippen LogP contribution in [0.4, 0.5) is 5.69 Å². The molecule has 0 aliphatic carbocycles. The van der Waals surface area contributed by atoms with Crippen LogP contribution in [0.25, 0.3) is 0 Å². The number of aryl methyl sites for hydroxylation is 1. The number of nitrogens with zero attached hydrogens (tertiary/aromatic N) is 1. The molecule has 0 aliphatic heterocycles. The molecule has 0 amide bonds. The Morgan fingerprint density at radius 1 is 1.38 bits per heavy atom. The van der Waals surface area contributed by atoms with Crippen LogP contribution in [0.5, 0.6) is 0 Å². The molecule has 1 aromatic rings. The van der Waals surface area contributed by atoms with E-state index in [1.807, 2.05) is 0 Å². The molecule has 0 spiro atoms. The van der Waals surface area contributed by atoms with Crippen LogP contribution >= 0.6 is 15.9 Å². The van der Waals surface area contributed by atoms with Crippen molar-refractivity contribution < 1.29 is 0 Å². The molecule has 0 saturated carbocycles. The third kappa shape index (κ3) is 2.98. The van der Waals surface area contributed by atoms with Crippen LogP contribution in [0, 0.1) is 6.92 Å². The molecule has 0 aliphatic rings. The van der Waals surface area contributed by atoms with Crippen LogP contribution in [-0.4, -0.2) is 19.1 Å². The highest BCUT2D eigenvalue weighted by atomic mass is 79.9. The SMILES string of the molecule is Cc1ccc(Br)cc1N(C)C(C)(C)CCN. The zero-order chi connectivity index (χ0) is 12.3. The fraction of sp³-hybridized carbons (Fsp3) is 0.538. The fourth-order valence-corrected chi connectivity index (χ4v) is 2.14. The summed E-state index contributed by atoms with van der Waals surface area (Å²) in [5.74, 6) is 0. The zero-order valence-corrected chi connectivity index (χ0v) is 12.1. The van der Waals surface area contributed by atoms with Gasteiger partial charge in [0.05, 0.1) is 0 Å². The first-order valence-corrected chi connectivity index (χ1v) is 6.38. The third-order valence-corrected chi connectivity index (χ3v) is 3.69. The molecule has 0 heterocycles. The van der Waals surface area contributed by atoms with Crippen LogP contribution in [0.3, 0.4) is 0 Å². The topological polar surface area (TPSA) is 29.3 Å². The molecule has 3 heteroatoms. The van der Waals surface area contributed by atoms with Crippen LogP contribution in [0.2, 0.25) is 0 Å². The quantitative estimate of drug-likeness (QED) is 0.919. The maximum atomic E-state index is 5.66. The lowest BCUT2D eigenvalue weighted by atomic mass is 9.97. The molecule has 0 aromatic heterocycles. The minimum absolute atomic E-state index is 0.0836. The summed E-state index contributed by atoms with van der Waals surface area (Å²) in [6, 6.07) is 6.37. The summed E-state index contributed by atoms with van der Waals surface area (Å²) < 4.78 is 1.11. The van der Waals surface area contributed by atoms with E-state index in [9.17, 15) is 0 Å². The summed E-state index contributed by atoms with van der Waals surface area (Å²) in [5.41, 5.74) is 8.29. The van der Waals surface area contributed by atoms with Gasteiger partial charge < -0.3 is 10.6 Å². The number of hydrogen-bond acceptors (Lipinski definition) is 2. The number of nitrogens with two attached hydrogens (primary N) is 1. The van der Waals surface area contributed by atoms with Gasteiger partial charge in [0, 0.05) is 22.7 Å². The molecule has 0 radical (unpaired) electrons. The number of hydrogen-bond donors (Lipinski definition) is 1. The van der Waals surface area contributed by atoms with Gasteiger partial charge in [-0.3, -0.25) is 0 Å². The predicted octanol–water partition coefficient (Wildman–Crippen LogP) is 3.32. The number of benzene rings is 1. The van der Waals surface area contributed by atoms with Crippen molar-refractivity contribution in [2.24, 2.45) is 5.73 Å². The number of halogens is 1. The van der Waals surface area contributed by atoms with Gasteiger partial charge >= 0.3 is 0 Å². The summed E-state index contributed by atoms with van der Waals surface area (Å²) in [5, 5.41) is 0. The highest BCUT2D eigenvalue weighted by molar-refractivity contribution is 9.10. The molecule has 1 rings (SSSR count). The van der Waals surface area contributed by atoms with Gasteiger partial charge in [-0.25, -0.2) is 0 Å². The minimum atomic E-state index is 0.0836. The lowest BCUT2D eigenvalue weighted by Gasteiger charge is -2.38. The molecule has 2 N–H and O–H groups in total. The Kier molecular flexibility index (Phi) is 4.39. The summed E-state index contributed by atoms with van der Waals surface area (Å²) in [6.07, 6.45) is 0.982. The van der Waals surface area contributed by atoms with Gasteiger partial charge in [0.1, 0.15) is 0 Å². The van der Waals surface area contributed by atoms with Gasteiger partial charge in [0.15, 0.2) is 0 Å². The van der Waals surface area contributed by atoms with Gasteiger partial charge in [-0.2, -0.15) is 0 Å². The number of anilines is 1. The zero-order valence-electron chi connectivity index (χ0n) is 10.5. The van der Waals surface area contributed by atoms with E-state index >= 15 is 0 Å². The Morgan fingerprint density at radius 2 is 2.00 bits per heavy atom. The van der Waals surface area contributed by atoms with Gasteiger partial charge in [-0.15, -0.1) is 0 Å². The molecule has 2 nitrogen and oxygen atoms in total. The monoisotopic (exact) mass is 284 g/mol. The summed E-state index contributed by atoms with van der Waals surface area (Å²) >= 11 is 3.52. The Morgan fingerprint density at radius 3 is 2.56 bits per heavy atom. The highest BCUT2D eigenvalue weighted by Crippen LogP contribution is 2.29. The van der Waals surface area contributed by atoms with Crippen molar-refractivity contribution >= 4 is 21.6 Å².